The highest BCUT2D eigenvalue weighted by Gasteiger charge is 2.21. The van der Waals surface area contributed by atoms with Gasteiger partial charge in [-0.15, -0.1) is 0 Å². The summed E-state index contributed by atoms with van der Waals surface area (Å²) in [4.78, 5) is 18.2. The second kappa shape index (κ2) is 8.12. The molecule has 9 nitrogen and oxygen atoms in total. The molecule has 1 aromatic carbocycles. The fourth-order valence-electron chi connectivity index (χ4n) is 2.64. The molecular formula is C19H20N6O3. The molecule has 0 unspecified atom stereocenters. The Morgan fingerprint density at radius 1 is 1.29 bits per heavy atom. The van der Waals surface area contributed by atoms with Crippen LogP contribution in [0.4, 0.5) is 28.6 Å². The van der Waals surface area contributed by atoms with Gasteiger partial charge in [0.2, 0.25) is 5.88 Å². The first-order valence-corrected chi connectivity index (χ1v) is 8.27. The summed E-state index contributed by atoms with van der Waals surface area (Å²) in [5.74, 6) is 1.05. The number of ether oxygens (including phenoxy) is 2. The maximum atomic E-state index is 12.6. The molecular weight excluding hydrogens is 360 g/mol. The number of aromatic nitrogens is 3. The van der Waals surface area contributed by atoms with E-state index in [0.29, 0.717) is 34.3 Å². The van der Waals surface area contributed by atoms with E-state index >= 15 is 0 Å². The SMILES string of the molecule is C=CC(=O)N(c1cccc(Nc2[nH]ncc2OC)c1)c1cc(N)cnc1OC. The predicted molar refractivity (Wildman–Crippen MR) is 107 cm³/mol. The fourth-order valence-corrected chi connectivity index (χ4v) is 2.64. The molecule has 0 saturated carbocycles. The largest absolute Gasteiger partial charge is 0.491 e. The number of rotatable bonds is 7. The van der Waals surface area contributed by atoms with Gasteiger partial charge in [-0.2, -0.15) is 5.10 Å². The van der Waals surface area contributed by atoms with Gasteiger partial charge < -0.3 is 20.5 Å². The van der Waals surface area contributed by atoms with E-state index in [4.69, 9.17) is 15.2 Å². The number of aromatic amines is 1. The van der Waals surface area contributed by atoms with E-state index in [2.05, 4.69) is 27.1 Å². The van der Waals surface area contributed by atoms with E-state index in [0.717, 1.165) is 0 Å². The lowest BCUT2D eigenvalue weighted by molar-refractivity contribution is -0.113. The Balaban J connectivity index is 2.04. The van der Waals surface area contributed by atoms with Crippen LogP contribution in [-0.4, -0.2) is 35.3 Å². The molecule has 0 aliphatic rings. The molecule has 1 amide bonds. The van der Waals surface area contributed by atoms with Crippen LogP contribution in [-0.2, 0) is 4.79 Å². The number of H-pyrrole nitrogens is 1. The van der Waals surface area contributed by atoms with Gasteiger partial charge in [0.15, 0.2) is 11.6 Å². The van der Waals surface area contributed by atoms with E-state index < -0.39 is 0 Å². The molecule has 2 heterocycles. The second-order valence-corrected chi connectivity index (χ2v) is 5.66. The van der Waals surface area contributed by atoms with Crippen molar-refractivity contribution in [1.29, 1.82) is 0 Å². The Labute approximate surface area is 161 Å². The number of methoxy groups -OCH3 is 2. The first kappa shape index (κ1) is 18.8. The molecule has 9 heteroatoms. The van der Waals surface area contributed by atoms with E-state index in [1.807, 2.05) is 6.07 Å². The number of nitrogen functional groups attached to an aromatic ring is 1. The van der Waals surface area contributed by atoms with Crippen LogP contribution in [0.5, 0.6) is 11.6 Å². The van der Waals surface area contributed by atoms with Gasteiger partial charge in [-0.1, -0.05) is 12.6 Å². The molecule has 0 aliphatic carbocycles. The normalized spacial score (nSPS) is 10.2. The lowest BCUT2D eigenvalue weighted by Gasteiger charge is -2.23. The number of pyridine rings is 1. The Morgan fingerprint density at radius 2 is 2.11 bits per heavy atom. The molecule has 2 aromatic heterocycles. The highest BCUT2D eigenvalue weighted by molar-refractivity contribution is 6.08. The standard InChI is InChI=1S/C19H20N6O3/c1-4-17(26)25(15-8-12(20)10-21-19(15)28-3)14-7-5-6-13(9-14)23-18-16(27-2)11-22-24-18/h4-11H,1,20H2,2-3H3,(H2,22,23,24). The van der Waals surface area contributed by atoms with Crippen LogP contribution < -0.4 is 25.4 Å². The topological polar surface area (TPSA) is 118 Å². The van der Waals surface area contributed by atoms with Crippen LogP contribution in [0, 0.1) is 0 Å². The van der Waals surface area contributed by atoms with Crippen molar-refractivity contribution in [1.82, 2.24) is 15.2 Å². The molecule has 0 atom stereocenters. The lowest BCUT2D eigenvalue weighted by atomic mass is 10.2. The summed E-state index contributed by atoms with van der Waals surface area (Å²) >= 11 is 0. The molecule has 0 saturated heterocycles. The van der Waals surface area contributed by atoms with Crippen LogP contribution in [0.25, 0.3) is 0 Å². The molecule has 3 aromatic rings. The summed E-state index contributed by atoms with van der Waals surface area (Å²) in [6, 6.07) is 8.82. The van der Waals surface area contributed by atoms with Crippen molar-refractivity contribution in [3.8, 4) is 11.6 Å². The van der Waals surface area contributed by atoms with Gasteiger partial charge in [0.05, 0.1) is 38.0 Å². The Bertz CT molecular complexity index is 1000. The molecule has 3 rings (SSSR count). The lowest BCUT2D eigenvalue weighted by Crippen LogP contribution is -2.24. The van der Waals surface area contributed by atoms with Crippen molar-refractivity contribution in [3.05, 3.63) is 55.4 Å². The Morgan fingerprint density at radius 3 is 2.82 bits per heavy atom. The smallest absolute Gasteiger partial charge is 0.255 e. The van der Waals surface area contributed by atoms with Gasteiger partial charge in [-0.25, -0.2) is 4.98 Å². The first-order chi connectivity index (χ1) is 13.6. The highest BCUT2D eigenvalue weighted by Crippen LogP contribution is 2.35. The van der Waals surface area contributed by atoms with Crippen molar-refractivity contribution in [2.75, 3.05) is 30.2 Å². The highest BCUT2D eigenvalue weighted by atomic mass is 16.5. The summed E-state index contributed by atoms with van der Waals surface area (Å²) in [5, 5.41) is 9.92. The number of nitrogens with zero attached hydrogens (tertiary/aromatic N) is 3. The zero-order chi connectivity index (χ0) is 20.1. The van der Waals surface area contributed by atoms with E-state index in [-0.39, 0.29) is 11.8 Å². The van der Waals surface area contributed by atoms with Crippen LogP contribution >= 0.6 is 0 Å². The van der Waals surface area contributed by atoms with Crippen LogP contribution in [0.15, 0.2) is 55.4 Å². The average Bonchev–Trinajstić information content (AvgIpc) is 3.15. The summed E-state index contributed by atoms with van der Waals surface area (Å²) < 4.78 is 10.5. The monoisotopic (exact) mass is 380 g/mol. The van der Waals surface area contributed by atoms with Gasteiger partial charge in [0.25, 0.3) is 5.91 Å². The third kappa shape index (κ3) is 3.73. The number of nitrogens with one attached hydrogen (secondary N) is 2. The number of nitrogens with two attached hydrogens (primary N) is 1. The number of carbonyl (C=O) groups is 1. The third-order valence-electron chi connectivity index (χ3n) is 3.88. The number of anilines is 5. The van der Waals surface area contributed by atoms with Crippen molar-refractivity contribution < 1.29 is 14.3 Å². The summed E-state index contributed by atoms with van der Waals surface area (Å²) in [6.45, 7) is 3.59. The van der Waals surface area contributed by atoms with Crippen LogP contribution in [0.2, 0.25) is 0 Å². The molecule has 0 radical (unpaired) electrons. The number of hydrogen-bond acceptors (Lipinski definition) is 7. The molecule has 0 fully saturated rings. The van der Waals surface area contributed by atoms with Crippen molar-refractivity contribution in [3.63, 3.8) is 0 Å². The number of benzene rings is 1. The number of hydrogen-bond donors (Lipinski definition) is 3. The molecule has 28 heavy (non-hydrogen) atoms. The fraction of sp³-hybridized carbons (Fsp3) is 0.105. The van der Waals surface area contributed by atoms with Crippen molar-refractivity contribution in [2.45, 2.75) is 0 Å². The van der Waals surface area contributed by atoms with Gasteiger partial charge in [0.1, 0.15) is 5.69 Å². The first-order valence-electron chi connectivity index (χ1n) is 8.27. The van der Waals surface area contributed by atoms with E-state index in [1.54, 1.807) is 37.6 Å². The minimum Gasteiger partial charge on any atom is -0.491 e. The van der Waals surface area contributed by atoms with Crippen molar-refractivity contribution >= 4 is 34.5 Å². The van der Waals surface area contributed by atoms with Crippen molar-refractivity contribution in [2.24, 2.45) is 0 Å². The van der Waals surface area contributed by atoms with E-state index in [1.165, 1.54) is 24.3 Å². The maximum Gasteiger partial charge on any atom is 0.255 e. The Kier molecular flexibility index (Phi) is 5.45. The minimum absolute atomic E-state index is 0.262. The van der Waals surface area contributed by atoms with Gasteiger partial charge in [-0.05, 0) is 30.3 Å². The average molecular weight is 380 g/mol. The third-order valence-corrected chi connectivity index (χ3v) is 3.88. The molecule has 0 aliphatic heterocycles. The van der Waals surface area contributed by atoms with Gasteiger partial charge in [0, 0.05) is 5.69 Å². The molecule has 4 N–H and O–H groups in total. The van der Waals surface area contributed by atoms with E-state index in [9.17, 15) is 4.79 Å². The van der Waals surface area contributed by atoms with Crippen LogP contribution in [0.1, 0.15) is 0 Å². The maximum absolute atomic E-state index is 12.6. The summed E-state index contributed by atoms with van der Waals surface area (Å²) in [7, 11) is 3.02. The second-order valence-electron chi connectivity index (χ2n) is 5.66. The number of carbonyl (C=O) groups excluding carboxylic acids is 1. The van der Waals surface area contributed by atoms with Gasteiger partial charge in [-0.3, -0.25) is 14.8 Å². The molecule has 0 spiro atoms. The zero-order valence-electron chi connectivity index (χ0n) is 15.5. The molecule has 0 bridgehead atoms. The summed E-state index contributed by atoms with van der Waals surface area (Å²) in [6.07, 6.45) is 4.23. The van der Waals surface area contributed by atoms with Gasteiger partial charge >= 0.3 is 0 Å². The van der Waals surface area contributed by atoms with Crippen LogP contribution in [0.3, 0.4) is 0 Å². The molecule has 144 valence electrons. The Hall–Kier alpha value is -4.01. The quantitative estimate of drug-likeness (QED) is 0.539. The minimum atomic E-state index is -0.359. The summed E-state index contributed by atoms with van der Waals surface area (Å²) in [5.41, 5.74) is 7.95. The zero-order valence-corrected chi connectivity index (χ0v) is 15.5. The predicted octanol–water partition coefficient (Wildman–Crippen LogP) is 3.00. The number of amides is 1.